The van der Waals surface area contributed by atoms with Crippen molar-refractivity contribution in [3.63, 3.8) is 0 Å². The predicted molar refractivity (Wildman–Crippen MR) is 107 cm³/mol. The van der Waals surface area contributed by atoms with Crippen LogP contribution in [-0.2, 0) is 16.4 Å². The molecule has 0 aliphatic heterocycles. The minimum atomic E-state index is -3.35. The maximum absolute atomic E-state index is 12.6. The Morgan fingerprint density at radius 3 is 2.58 bits per heavy atom. The van der Waals surface area contributed by atoms with Crippen molar-refractivity contribution in [2.45, 2.75) is 37.8 Å². The van der Waals surface area contributed by atoms with Crippen LogP contribution in [0.25, 0.3) is 0 Å². The zero-order valence-electron chi connectivity index (χ0n) is 15.6. The summed E-state index contributed by atoms with van der Waals surface area (Å²) in [6.45, 7) is 4.56. The van der Waals surface area contributed by atoms with E-state index in [1.54, 1.807) is 42.6 Å². The maximum Gasteiger partial charge on any atom is 0.193 e. The molecule has 0 aliphatic rings. The van der Waals surface area contributed by atoms with Gasteiger partial charge in [-0.3, -0.25) is 4.99 Å². The third-order valence-corrected chi connectivity index (χ3v) is 6.64. The van der Waals surface area contributed by atoms with Gasteiger partial charge in [0.05, 0.1) is 27.9 Å². The van der Waals surface area contributed by atoms with E-state index in [0.717, 1.165) is 10.7 Å². The van der Waals surface area contributed by atoms with Crippen molar-refractivity contribution in [1.29, 1.82) is 0 Å². The molecule has 0 spiro atoms. The number of aryl methyl sites for hydroxylation is 1. The third-order valence-electron chi connectivity index (χ3n) is 3.99. The molecule has 8 heteroatoms. The second-order valence-corrected chi connectivity index (χ2v) is 9.20. The Bertz CT molecular complexity index is 832. The molecule has 2 rings (SSSR count). The van der Waals surface area contributed by atoms with Crippen LogP contribution in [0.1, 0.15) is 24.0 Å². The number of thiazole rings is 1. The van der Waals surface area contributed by atoms with Gasteiger partial charge in [0.15, 0.2) is 15.8 Å². The lowest BCUT2D eigenvalue weighted by atomic mass is 10.2. The van der Waals surface area contributed by atoms with E-state index < -0.39 is 9.84 Å². The van der Waals surface area contributed by atoms with Gasteiger partial charge < -0.3 is 10.2 Å². The largest absolute Gasteiger partial charge is 0.352 e. The van der Waals surface area contributed by atoms with E-state index in [9.17, 15) is 8.42 Å². The van der Waals surface area contributed by atoms with Gasteiger partial charge >= 0.3 is 0 Å². The van der Waals surface area contributed by atoms with E-state index in [2.05, 4.69) is 15.3 Å². The minimum Gasteiger partial charge on any atom is -0.352 e. The number of nitrogens with one attached hydrogen (secondary N) is 1. The summed E-state index contributed by atoms with van der Waals surface area (Å²) < 4.78 is 25.3. The van der Waals surface area contributed by atoms with Gasteiger partial charge in [0.1, 0.15) is 0 Å². The lowest BCUT2D eigenvalue weighted by molar-refractivity contribution is 0.455. The number of rotatable bonds is 7. The van der Waals surface area contributed by atoms with E-state index >= 15 is 0 Å². The molecule has 6 nitrogen and oxygen atoms in total. The molecule has 0 bridgehead atoms. The van der Waals surface area contributed by atoms with Crippen LogP contribution < -0.4 is 5.32 Å². The molecule has 1 unspecified atom stereocenters. The SMILES string of the molecule is CCC(CS(=O)(=O)c1ccccc1)NC(=NC)N(C)Cc1csc(C)n1. The topological polar surface area (TPSA) is 74.7 Å². The molecular weight excluding hydrogens is 368 g/mol. The van der Waals surface area contributed by atoms with E-state index in [0.29, 0.717) is 23.8 Å². The molecule has 1 atom stereocenters. The molecule has 0 radical (unpaired) electrons. The first-order chi connectivity index (χ1) is 12.4. The monoisotopic (exact) mass is 394 g/mol. The zero-order valence-corrected chi connectivity index (χ0v) is 17.3. The quantitative estimate of drug-likeness (QED) is 0.577. The highest BCUT2D eigenvalue weighted by molar-refractivity contribution is 7.91. The van der Waals surface area contributed by atoms with Gasteiger partial charge in [-0.15, -0.1) is 11.3 Å². The minimum absolute atomic E-state index is 0.0240. The molecule has 0 fully saturated rings. The van der Waals surface area contributed by atoms with E-state index in [1.807, 2.05) is 37.2 Å². The fourth-order valence-electron chi connectivity index (χ4n) is 2.58. The normalized spacial score (nSPS) is 13.5. The summed E-state index contributed by atoms with van der Waals surface area (Å²) >= 11 is 1.61. The Hall–Kier alpha value is -1.93. The van der Waals surface area contributed by atoms with Gasteiger partial charge in [0.2, 0.25) is 0 Å². The molecule has 1 heterocycles. The van der Waals surface area contributed by atoms with Crippen LogP contribution in [0.5, 0.6) is 0 Å². The summed E-state index contributed by atoms with van der Waals surface area (Å²) in [5.74, 6) is 0.682. The van der Waals surface area contributed by atoms with Crippen molar-refractivity contribution in [2.24, 2.45) is 4.99 Å². The molecule has 0 amide bonds. The fraction of sp³-hybridized carbons (Fsp3) is 0.444. The Morgan fingerprint density at radius 1 is 1.35 bits per heavy atom. The van der Waals surface area contributed by atoms with Crippen molar-refractivity contribution in [2.75, 3.05) is 19.8 Å². The summed E-state index contributed by atoms with van der Waals surface area (Å²) in [6, 6.07) is 8.33. The first kappa shape index (κ1) is 20.4. The number of nitrogens with zero attached hydrogens (tertiary/aromatic N) is 3. The van der Waals surface area contributed by atoms with Crippen molar-refractivity contribution in [3.05, 3.63) is 46.4 Å². The van der Waals surface area contributed by atoms with Crippen molar-refractivity contribution in [1.82, 2.24) is 15.2 Å². The van der Waals surface area contributed by atoms with E-state index in [1.165, 1.54) is 0 Å². The van der Waals surface area contributed by atoms with Crippen LogP contribution in [0.15, 0.2) is 45.6 Å². The average Bonchev–Trinajstić information content (AvgIpc) is 3.03. The highest BCUT2D eigenvalue weighted by Gasteiger charge is 2.22. The summed E-state index contributed by atoms with van der Waals surface area (Å²) in [7, 11) is 0.264. The summed E-state index contributed by atoms with van der Waals surface area (Å²) in [5, 5.41) is 6.33. The second kappa shape index (κ2) is 9.14. The smallest absolute Gasteiger partial charge is 0.193 e. The molecule has 1 aromatic carbocycles. The number of guanidine groups is 1. The number of aromatic nitrogens is 1. The maximum atomic E-state index is 12.6. The third kappa shape index (κ3) is 5.54. The first-order valence-corrected chi connectivity index (χ1v) is 11.0. The van der Waals surface area contributed by atoms with Crippen LogP contribution in [0, 0.1) is 6.92 Å². The molecular formula is C18H26N4O2S2. The van der Waals surface area contributed by atoms with Crippen LogP contribution in [0.3, 0.4) is 0 Å². The van der Waals surface area contributed by atoms with Gasteiger partial charge in [-0.1, -0.05) is 25.1 Å². The molecule has 0 saturated heterocycles. The van der Waals surface area contributed by atoms with Gasteiger partial charge in [0.25, 0.3) is 0 Å². The summed E-state index contributed by atoms with van der Waals surface area (Å²) in [5.41, 5.74) is 0.975. The fourth-order valence-corrected chi connectivity index (χ4v) is 4.79. The number of sulfone groups is 1. The Balaban J connectivity index is 2.04. The molecule has 2 aromatic rings. The summed E-state index contributed by atoms with van der Waals surface area (Å²) in [4.78, 5) is 11.1. The Kier molecular flexibility index (Phi) is 7.16. The van der Waals surface area contributed by atoms with E-state index in [-0.39, 0.29) is 11.8 Å². The van der Waals surface area contributed by atoms with Gasteiger partial charge in [-0.2, -0.15) is 0 Å². The number of hydrogen-bond acceptors (Lipinski definition) is 5. The summed E-state index contributed by atoms with van der Waals surface area (Å²) in [6.07, 6.45) is 0.675. The van der Waals surface area contributed by atoms with E-state index in [4.69, 9.17) is 0 Å². The Labute approximate surface area is 159 Å². The lowest BCUT2D eigenvalue weighted by Crippen LogP contribution is -2.46. The molecule has 142 valence electrons. The van der Waals surface area contributed by atoms with Crippen LogP contribution >= 0.6 is 11.3 Å². The van der Waals surface area contributed by atoms with Gasteiger partial charge in [-0.25, -0.2) is 13.4 Å². The molecule has 1 aromatic heterocycles. The molecule has 0 aliphatic carbocycles. The standard InChI is InChI=1S/C18H26N4O2S2/c1-5-15(13-26(23,24)17-9-7-6-8-10-17)21-18(19-3)22(4)11-16-12-25-14(2)20-16/h6-10,12,15H,5,11,13H2,1-4H3,(H,19,21). The van der Waals surface area contributed by atoms with Crippen molar-refractivity contribution in [3.8, 4) is 0 Å². The first-order valence-electron chi connectivity index (χ1n) is 8.49. The molecule has 26 heavy (non-hydrogen) atoms. The lowest BCUT2D eigenvalue weighted by Gasteiger charge is -2.26. The highest BCUT2D eigenvalue weighted by Crippen LogP contribution is 2.13. The average molecular weight is 395 g/mol. The van der Waals surface area contributed by atoms with Crippen LogP contribution in [-0.4, -0.2) is 50.2 Å². The zero-order chi connectivity index (χ0) is 19.2. The number of hydrogen-bond donors (Lipinski definition) is 1. The van der Waals surface area contributed by atoms with Crippen LogP contribution in [0.4, 0.5) is 0 Å². The Morgan fingerprint density at radius 2 is 2.04 bits per heavy atom. The highest BCUT2D eigenvalue weighted by atomic mass is 32.2. The van der Waals surface area contributed by atoms with Gasteiger partial charge in [-0.05, 0) is 25.5 Å². The number of aliphatic imine (C=N–C) groups is 1. The van der Waals surface area contributed by atoms with Crippen molar-refractivity contribution < 1.29 is 8.42 Å². The predicted octanol–water partition coefficient (Wildman–Crippen LogP) is 2.71. The van der Waals surface area contributed by atoms with Crippen molar-refractivity contribution >= 4 is 27.1 Å². The molecule has 1 N–H and O–H groups in total. The van der Waals surface area contributed by atoms with Gasteiger partial charge in [0, 0.05) is 25.5 Å². The second-order valence-electron chi connectivity index (χ2n) is 6.11. The molecule has 0 saturated carbocycles. The number of benzene rings is 1. The van der Waals surface area contributed by atoms with Crippen LogP contribution in [0.2, 0.25) is 0 Å².